The molecule has 1 aliphatic heterocycles. The van der Waals surface area contributed by atoms with Crippen LogP contribution < -0.4 is 4.74 Å². The first-order chi connectivity index (χ1) is 12.5. The van der Waals surface area contributed by atoms with E-state index in [0.717, 1.165) is 11.4 Å². The van der Waals surface area contributed by atoms with Crippen LogP contribution in [0.2, 0.25) is 0 Å². The van der Waals surface area contributed by atoms with Crippen molar-refractivity contribution in [2.24, 2.45) is 40.6 Å². The molecule has 5 aliphatic rings. The molecule has 0 aromatic heterocycles. The number of hydrazone groups is 1. The van der Waals surface area contributed by atoms with Gasteiger partial charge in [-0.25, -0.2) is 0 Å². The number of methoxy groups -OCH3 is 1. The Bertz CT molecular complexity index is 860. The summed E-state index contributed by atoms with van der Waals surface area (Å²) in [6, 6.07) is 3.25. The molecule has 4 aliphatic carbocycles. The highest BCUT2D eigenvalue weighted by Gasteiger charge is 2.67. The van der Waals surface area contributed by atoms with E-state index in [2.05, 4.69) is 33.2 Å². The minimum atomic E-state index is -0.250. The van der Waals surface area contributed by atoms with Crippen LogP contribution in [0.15, 0.2) is 33.9 Å². The highest BCUT2D eigenvalue weighted by molar-refractivity contribution is 9.10. The van der Waals surface area contributed by atoms with Gasteiger partial charge in [0.05, 0.1) is 29.6 Å². The third kappa shape index (κ3) is 2.06. The Labute approximate surface area is 158 Å². The van der Waals surface area contributed by atoms with E-state index in [1.54, 1.807) is 12.1 Å². The molecule has 0 unspecified atom stereocenters. The number of rotatable bonds is 3. The van der Waals surface area contributed by atoms with Gasteiger partial charge in [-0.15, -0.1) is 0 Å². The van der Waals surface area contributed by atoms with Gasteiger partial charge in [0, 0.05) is 0 Å². The fourth-order valence-electron chi connectivity index (χ4n) is 5.00. The monoisotopic (exact) mass is 416 g/mol. The average Bonchev–Trinajstić information content (AvgIpc) is 3.41. The Morgan fingerprint density at radius 3 is 2.38 bits per heavy atom. The van der Waals surface area contributed by atoms with Gasteiger partial charge >= 0.3 is 0 Å². The van der Waals surface area contributed by atoms with E-state index in [9.17, 15) is 14.7 Å². The lowest BCUT2D eigenvalue weighted by molar-refractivity contribution is -0.140. The van der Waals surface area contributed by atoms with Gasteiger partial charge in [0.15, 0.2) is 11.5 Å². The van der Waals surface area contributed by atoms with Crippen molar-refractivity contribution < 1.29 is 19.4 Å². The number of phenols is 1. The summed E-state index contributed by atoms with van der Waals surface area (Å²) in [5.74, 6) is 0.926. The number of halogens is 1. The zero-order chi connectivity index (χ0) is 18.2. The molecule has 7 heteroatoms. The normalized spacial score (nSPS) is 36.6. The molecule has 1 N–H and O–H groups in total. The van der Waals surface area contributed by atoms with E-state index in [1.165, 1.54) is 13.3 Å². The molecular formula is C19H17BrN2O4. The number of imide groups is 1. The van der Waals surface area contributed by atoms with Crippen LogP contribution in [0, 0.1) is 35.5 Å². The number of hydrogen-bond donors (Lipinski definition) is 1. The van der Waals surface area contributed by atoms with Gasteiger partial charge in [0.1, 0.15) is 0 Å². The van der Waals surface area contributed by atoms with Crippen LogP contribution in [0.4, 0.5) is 0 Å². The van der Waals surface area contributed by atoms with Crippen molar-refractivity contribution in [3.63, 3.8) is 0 Å². The number of allylic oxidation sites excluding steroid dienone is 2. The zero-order valence-corrected chi connectivity index (χ0v) is 15.6. The Kier molecular flexibility index (Phi) is 3.35. The predicted molar refractivity (Wildman–Crippen MR) is 96.5 cm³/mol. The molecule has 6 atom stereocenters. The summed E-state index contributed by atoms with van der Waals surface area (Å²) < 4.78 is 5.57. The Hall–Kier alpha value is -2.15. The Morgan fingerprint density at radius 1 is 1.19 bits per heavy atom. The minimum absolute atomic E-state index is 0.00845. The first-order valence-electron chi connectivity index (χ1n) is 8.68. The van der Waals surface area contributed by atoms with Crippen LogP contribution in [0.3, 0.4) is 0 Å². The highest BCUT2D eigenvalue weighted by Crippen LogP contribution is 2.65. The second-order valence-electron chi connectivity index (χ2n) is 7.44. The van der Waals surface area contributed by atoms with Crippen molar-refractivity contribution in [3.05, 3.63) is 34.3 Å². The summed E-state index contributed by atoms with van der Waals surface area (Å²) in [6.07, 6.45) is 6.87. The number of hydrogen-bond acceptors (Lipinski definition) is 5. The molecule has 6 rings (SSSR count). The third-order valence-electron chi connectivity index (χ3n) is 6.23. The van der Waals surface area contributed by atoms with E-state index in [-0.39, 0.29) is 47.0 Å². The quantitative estimate of drug-likeness (QED) is 0.466. The van der Waals surface area contributed by atoms with Gasteiger partial charge in [0.25, 0.3) is 11.8 Å². The molecule has 134 valence electrons. The van der Waals surface area contributed by atoms with Gasteiger partial charge in [-0.05, 0) is 63.7 Å². The fraction of sp³-hybridized carbons (Fsp3) is 0.421. The highest BCUT2D eigenvalue weighted by atomic mass is 79.9. The largest absolute Gasteiger partial charge is 0.503 e. The summed E-state index contributed by atoms with van der Waals surface area (Å²) in [4.78, 5) is 25.7. The molecule has 26 heavy (non-hydrogen) atoms. The fourth-order valence-corrected chi connectivity index (χ4v) is 5.46. The summed E-state index contributed by atoms with van der Waals surface area (Å²) >= 11 is 3.25. The summed E-state index contributed by atoms with van der Waals surface area (Å²) in [6.45, 7) is 0. The Morgan fingerprint density at radius 2 is 1.81 bits per heavy atom. The number of amides is 2. The number of nitrogens with zero attached hydrogens (tertiary/aromatic N) is 2. The lowest BCUT2D eigenvalue weighted by atomic mass is 9.63. The standard InChI is InChI=1S/C19H17BrN2O4/c1-26-14-5-8(4-13(20)17(14)23)7-21-22-18(24)15-9-2-3-10(12-6-11(9)12)16(15)19(22)25/h2-5,7,9-12,15-16,23H,6H2,1H3/b21-7-/t9-,10+,11-,12-,15+,16-/m1/s1. The molecule has 1 aromatic carbocycles. The predicted octanol–water partition coefficient (Wildman–Crippen LogP) is 2.55. The lowest BCUT2D eigenvalue weighted by Gasteiger charge is -2.37. The maximum absolute atomic E-state index is 12.9. The molecule has 3 fully saturated rings. The Balaban J connectivity index is 1.44. The van der Waals surface area contributed by atoms with Gasteiger partial charge in [0.2, 0.25) is 0 Å². The summed E-state index contributed by atoms with van der Waals surface area (Å²) in [5.41, 5.74) is 0.617. The lowest BCUT2D eigenvalue weighted by Crippen LogP contribution is -2.40. The third-order valence-corrected chi connectivity index (χ3v) is 6.84. The SMILES string of the molecule is COc1cc(/C=N\N2C(=O)[C@@H]3[C@H]4C=C[C@H]([C@H]5C[C@H]45)[C@@H]3C2=O)cc(Br)c1O. The number of ether oxygens (including phenoxy) is 1. The molecule has 0 spiro atoms. The zero-order valence-electron chi connectivity index (χ0n) is 14.0. The van der Waals surface area contributed by atoms with E-state index >= 15 is 0 Å². The average molecular weight is 417 g/mol. The van der Waals surface area contributed by atoms with E-state index in [1.807, 2.05) is 0 Å². The summed E-state index contributed by atoms with van der Waals surface area (Å²) in [5, 5.41) is 15.1. The van der Waals surface area contributed by atoms with Crippen molar-refractivity contribution in [1.82, 2.24) is 5.01 Å². The van der Waals surface area contributed by atoms with Gasteiger partial charge in [-0.2, -0.15) is 10.1 Å². The molecule has 2 bridgehead atoms. The molecule has 1 heterocycles. The molecule has 6 nitrogen and oxygen atoms in total. The van der Waals surface area contributed by atoms with E-state index in [0.29, 0.717) is 21.9 Å². The number of phenolic OH excluding ortho intramolecular Hbond substituents is 1. The van der Waals surface area contributed by atoms with Crippen LogP contribution >= 0.6 is 15.9 Å². The van der Waals surface area contributed by atoms with Gasteiger partial charge in [-0.1, -0.05) is 12.2 Å². The van der Waals surface area contributed by atoms with Crippen LogP contribution in [0.25, 0.3) is 0 Å². The van der Waals surface area contributed by atoms with Gasteiger partial charge in [-0.3, -0.25) is 9.59 Å². The first kappa shape index (κ1) is 16.1. The van der Waals surface area contributed by atoms with Gasteiger partial charge < -0.3 is 9.84 Å². The van der Waals surface area contributed by atoms with Crippen molar-refractivity contribution in [1.29, 1.82) is 0 Å². The molecule has 0 radical (unpaired) electrons. The molecule has 1 aromatic rings. The van der Waals surface area contributed by atoms with Crippen LogP contribution in [0.1, 0.15) is 12.0 Å². The maximum atomic E-state index is 12.9. The maximum Gasteiger partial charge on any atom is 0.254 e. The van der Waals surface area contributed by atoms with Crippen molar-refractivity contribution in [2.45, 2.75) is 6.42 Å². The van der Waals surface area contributed by atoms with E-state index in [4.69, 9.17) is 4.74 Å². The second kappa shape index (κ2) is 5.42. The van der Waals surface area contributed by atoms with Crippen LogP contribution in [0.5, 0.6) is 11.5 Å². The minimum Gasteiger partial charge on any atom is -0.503 e. The smallest absolute Gasteiger partial charge is 0.254 e. The second-order valence-corrected chi connectivity index (χ2v) is 8.30. The van der Waals surface area contributed by atoms with Crippen LogP contribution in [-0.4, -0.2) is 35.3 Å². The summed E-state index contributed by atoms with van der Waals surface area (Å²) in [7, 11) is 1.45. The van der Waals surface area contributed by atoms with Crippen LogP contribution in [-0.2, 0) is 9.59 Å². The topological polar surface area (TPSA) is 79.2 Å². The van der Waals surface area contributed by atoms with Crippen molar-refractivity contribution in [2.75, 3.05) is 7.11 Å². The molecular weight excluding hydrogens is 400 g/mol. The molecule has 2 saturated carbocycles. The molecule has 1 saturated heterocycles. The number of carbonyl (C=O) groups excluding carboxylic acids is 2. The number of benzene rings is 1. The van der Waals surface area contributed by atoms with Crippen molar-refractivity contribution >= 4 is 34.0 Å². The van der Waals surface area contributed by atoms with Crippen molar-refractivity contribution in [3.8, 4) is 11.5 Å². The molecule has 2 amide bonds. The first-order valence-corrected chi connectivity index (χ1v) is 9.47. The van der Waals surface area contributed by atoms with E-state index < -0.39 is 0 Å². The number of aromatic hydroxyl groups is 1. The number of carbonyl (C=O) groups is 2.